The molecule has 1 fully saturated rings. The zero-order valence-corrected chi connectivity index (χ0v) is 21.5. The van der Waals surface area contributed by atoms with E-state index in [4.69, 9.17) is 10.8 Å². The van der Waals surface area contributed by atoms with Gasteiger partial charge in [0.2, 0.25) is 17.7 Å². The first-order chi connectivity index (χ1) is 18.0. The van der Waals surface area contributed by atoms with E-state index < -0.39 is 60.2 Å². The van der Waals surface area contributed by atoms with Gasteiger partial charge in [0, 0.05) is 30.1 Å². The van der Waals surface area contributed by atoms with E-state index in [9.17, 15) is 29.1 Å². The number of carboxylic acid groups (broad SMARTS) is 2. The first-order valence-corrected chi connectivity index (χ1v) is 12.7. The van der Waals surface area contributed by atoms with E-state index in [1.807, 2.05) is 31.2 Å². The lowest BCUT2D eigenvalue weighted by Gasteiger charge is -2.31. The van der Waals surface area contributed by atoms with Gasteiger partial charge in [-0.15, -0.1) is 0 Å². The maximum Gasteiger partial charge on any atom is 0.326 e. The minimum absolute atomic E-state index is 0.0459. The number of para-hydroxylation sites is 1. The Hall–Kier alpha value is -3.93. The number of aromatic amines is 1. The summed E-state index contributed by atoms with van der Waals surface area (Å²) >= 11 is 0. The van der Waals surface area contributed by atoms with Gasteiger partial charge in [-0.25, -0.2) is 4.79 Å². The number of aromatic nitrogens is 1. The highest BCUT2D eigenvalue weighted by molar-refractivity contribution is 5.95. The van der Waals surface area contributed by atoms with Crippen molar-refractivity contribution >= 4 is 40.6 Å². The van der Waals surface area contributed by atoms with E-state index >= 15 is 0 Å². The van der Waals surface area contributed by atoms with Crippen LogP contribution >= 0.6 is 0 Å². The van der Waals surface area contributed by atoms with Gasteiger partial charge in [0.25, 0.3) is 0 Å². The number of carbonyl (C=O) groups excluding carboxylic acids is 3. The van der Waals surface area contributed by atoms with E-state index in [1.54, 1.807) is 13.1 Å². The fourth-order valence-corrected chi connectivity index (χ4v) is 4.69. The summed E-state index contributed by atoms with van der Waals surface area (Å²) in [6, 6.07) is 2.89. The van der Waals surface area contributed by atoms with Crippen LogP contribution in [-0.2, 0) is 30.4 Å². The highest BCUT2D eigenvalue weighted by Crippen LogP contribution is 2.22. The van der Waals surface area contributed by atoms with Crippen molar-refractivity contribution in [1.82, 2.24) is 20.5 Å². The number of nitrogens with zero attached hydrogens (tertiary/aromatic N) is 1. The van der Waals surface area contributed by atoms with Crippen molar-refractivity contribution in [2.45, 2.75) is 70.1 Å². The number of carbonyl (C=O) groups is 5. The molecule has 2 aromatic rings. The topological polar surface area (TPSA) is 195 Å². The summed E-state index contributed by atoms with van der Waals surface area (Å²) in [4.78, 5) is 66.8. The van der Waals surface area contributed by atoms with Crippen molar-refractivity contribution in [3.05, 3.63) is 36.0 Å². The highest BCUT2D eigenvalue weighted by Gasteiger charge is 2.40. The van der Waals surface area contributed by atoms with Gasteiger partial charge < -0.3 is 36.5 Å². The molecule has 12 nitrogen and oxygen atoms in total. The van der Waals surface area contributed by atoms with Crippen molar-refractivity contribution in [3.63, 3.8) is 0 Å². The minimum atomic E-state index is -1.38. The number of rotatable bonds is 12. The second-order valence-corrected chi connectivity index (χ2v) is 9.73. The van der Waals surface area contributed by atoms with E-state index in [0.717, 1.165) is 16.5 Å². The zero-order valence-electron chi connectivity index (χ0n) is 21.5. The minimum Gasteiger partial charge on any atom is -0.481 e. The second-order valence-electron chi connectivity index (χ2n) is 9.73. The number of aliphatic carboxylic acids is 2. The van der Waals surface area contributed by atoms with Gasteiger partial charge in [0.05, 0.1) is 12.5 Å². The SMILES string of the molecule is CCC(C)C(NC(=O)C(Cc1c[nH]c2ccccc12)NC(=O)C(N)CC(=O)O)C(=O)N1CCCC1C(=O)O. The maximum atomic E-state index is 13.6. The number of hydrogen-bond donors (Lipinski definition) is 6. The largest absolute Gasteiger partial charge is 0.481 e. The Balaban J connectivity index is 1.87. The summed E-state index contributed by atoms with van der Waals surface area (Å²) in [6.07, 6.45) is 2.56. The summed E-state index contributed by atoms with van der Waals surface area (Å²) in [5, 5.41) is 24.7. The molecular formula is C26H35N5O7. The molecular weight excluding hydrogens is 494 g/mol. The molecule has 3 amide bonds. The first kappa shape index (κ1) is 28.6. The second kappa shape index (κ2) is 12.5. The third-order valence-electron chi connectivity index (χ3n) is 7.06. The molecule has 38 heavy (non-hydrogen) atoms. The first-order valence-electron chi connectivity index (χ1n) is 12.7. The van der Waals surface area contributed by atoms with E-state index in [1.165, 1.54) is 4.90 Å². The molecule has 3 rings (SSSR count). The standard InChI is InChI=1S/C26H35N5O7/c1-3-14(2)22(25(36)31-10-6-9-20(31)26(37)38)30-24(35)19(29-23(34)17(27)12-21(32)33)11-15-13-28-18-8-5-4-7-16(15)18/h4-5,7-8,13-14,17,19-20,22,28H,3,6,9-12,27H2,1-2H3,(H,29,34)(H,30,35)(H,32,33)(H,37,38). The molecule has 12 heteroatoms. The van der Waals surface area contributed by atoms with Crippen LogP contribution in [0.5, 0.6) is 0 Å². The van der Waals surface area contributed by atoms with E-state index in [2.05, 4.69) is 15.6 Å². The number of H-pyrrole nitrogens is 1. The molecule has 1 aliphatic rings. The van der Waals surface area contributed by atoms with E-state index in [0.29, 0.717) is 19.3 Å². The van der Waals surface area contributed by atoms with Gasteiger partial charge in [-0.2, -0.15) is 0 Å². The fraction of sp³-hybridized carbons (Fsp3) is 0.500. The number of amides is 3. The summed E-state index contributed by atoms with van der Waals surface area (Å²) < 4.78 is 0. The quantitative estimate of drug-likeness (QED) is 0.230. The van der Waals surface area contributed by atoms with Crippen LogP contribution in [0.4, 0.5) is 0 Å². The smallest absolute Gasteiger partial charge is 0.326 e. The molecule has 0 bridgehead atoms. The highest BCUT2D eigenvalue weighted by atomic mass is 16.4. The zero-order chi connectivity index (χ0) is 28.0. The van der Waals surface area contributed by atoms with Gasteiger partial charge in [0.1, 0.15) is 18.1 Å². The summed E-state index contributed by atoms with van der Waals surface area (Å²) in [5.74, 6) is -4.63. The molecule has 1 aliphatic heterocycles. The van der Waals surface area contributed by atoms with Crippen LogP contribution in [0.1, 0.15) is 45.1 Å². The molecule has 2 heterocycles. The Labute approximate surface area is 219 Å². The lowest BCUT2D eigenvalue weighted by molar-refractivity contribution is -0.150. The van der Waals surface area contributed by atoms with Crippen LogP contribution < -0.4 is 16.4 Å². The molecule has 5 unspecified atom stereocenters. The maximum absolute atomic E-state index is 13.6. The number of fused-ring (bicyclic) bond motifs is 1. The van der Waals surface area contributed by atoms with Gasteiger partial charge in [-0.05, 0) is 30.4 Å². The average Bonchev–Trinajstić information content (AvgIpc) is 3.53. The molecule has 0 radical (unpaired) electrons. The van der Waals surface area contributed by atoms with Crippen LogP contribution in [0.25, 0.3) is 10.9 Å². The van der Waals surface area contributed by atoms with Crippen molar-refractivity contribution in [2.24, 2.45) is 11.7 Å². The van der Waals surface area contributed by atoms with Crippen molar-refractivity contribution < 1.29 is 34.2 Å². The number of likely N-dealkylation sites (tertiary alicyclic amines) is 1. The number of carboxylic acids is 2. The van der Waals surface area contributed by atoms with Crippen molar-refractivity contribution in [3.8, 4) is 0 Å². The number of benzene rings is 1. The molecule has 0 spiro atoms. The molecule has 1 aromatic heterocycles. The Morgan fingerprint density at radius 2 is 1.84 bits per heavy atom. The third-order valence-corrected chi connectivity index (χ3v) is 7.06. The van der Waals surface area contributed by atoms with Crippen LogP contribution in [0.15, 0.2) is 30.5 Å². The third kappa shape index (κ3) is 6.68. The lowest BCUT2D eigenvalue weighted by atomic mass is 9.96. The van der Waals surface area contributed by atoms with Crippen LogP contribution in [0.2, 0.25) is 0 Å². The number of nitrogens with one attached hydrogen (secondary N) is 3. The molecule has 0 aliphatic carbocycles. The van der Waals surface area contributed by atoms with Gasteiger partial charge in [0.15, 0.2) is 0 Å². The van der Waals surface area contributed by atoms with E-state index in [-0.39, 0.29) is 18.9 Å². The predicted molar refractivity (Wildman–Crippen MR) is 138 cm³/mol. The van der Waals surface area contributed by atoms with Crippen molar-refractivity contribution in [2.75, 3.05) is 6.54 Å². The molecule has 5 atom stereocenters. The summed E-state index contributed by atoms with van der Waals surface area (Å²) in [5.41, 5.74) is 7.29. The Morgan fingerprint density at radius 1 is 1.13 bits per heavy atom. The Morgan fingerprint density at radius 3 is 2.50 bits per heavy atom. The summed E-state index contributed by atoms with van der Waals surface area (Å²) in [6.45, 7) is 3.91. The van der Waals surface area contributed by atoms with Gasteiger partial charge >= 0.3 is 11.9 Å². The van der Waals surface area contributed by atoms with Gasteiger partial charge in [-0.3, -0.25) is 19.2 Å². The predicted octanol–water partition coefficient (Wildman–Crippen LogP) is 0.604. The average molecular weight is 530 g/mol. The molecule has 206 valence electrons. The monoisotopic (exact) mass is 529 g/mol. The fourth-order valence-electron chi connectivity index (χ4n) is 4.69. The lowest BCUT2D eigenvalue weighted by Crippen LogP contribution is -2.59. The van der Waals surface area contributed by atoms with Crippen LogP contribution in [-0.4, -0.2) is 80.5 Å². The van der Waals surface area contributed by atoms with Crippen molar-refractivity contribution in [1.29, 1.82) is 0 Å². The molecule has 7 N–H and O–H groups in total. The normalized spacial score (nSPS) is 18.4. The molecule has 1 saturated heterocycles. The molecule has 0 saturated carbocycles. The number of nitrogens with two attached hydrogens (primary N) is 1. The van der Waals surface area contributed by atoms with Crippen LogP contribution in [0, 0.1) is 5.92 Å². The number of hydrogen-bond acceptors (Lipinski definition) is 6. The Kier molecular flexibility index (Phi) is 9.45. The summed E-state index contributed by atoms with van der Waals surface area (Å²) in [7, 11) is 0. The van der Waals surface area contributed by atoms with Crippen LogP contribution in [0.3, 0.4) is 0 Å². The molecule has 1 aromatic carbocycles. The van der Waals surface area contributed by atoms with Gasteiger partial charge in [-0.1, -0.05) is 38.5 Å². The Bertz CT molecular complexity index is 1200.